The Morgan fingerprint density at radius 1 is 1.21 bits per heavy atom. The van der Waals surface area contributed by atoms with Crippen molar-refractivity contribution in [2.75, 3.05) is 5.32 Å². The van der Waals surface area contributed by atoms with Gasteiger partial charge in [0.15, 0.2) is 0 Å². The van der Waals surface area contributed by atoms with E-state index in [0.717, 1.165) is 24.0 Å². The first-order chi connectivity index (χ1) is 16.2. The van der Waals surface area contributed by atoms with Crippen LogP contribution in [-0.2, 0) is 4.79 Å². The molecule has 0 aliphatic heterocycles. The van der Waals surface area contributed by atoms with Gasteiger partial charge in [-0.3, -0.25) is 4.79 Å². The molecule has 1 atom stereocenters. The minimum Gasteiger partial charge on any atom is -0.330 e. The number of para-hydroxylation sites is 1. The van der Waals surface area contributed by atoms with E-state index in [1.54, 1.807) is 18.2 Å². The van der Waals surface area contributed by atoms with E-state index < -0.39 is 0 Å². The van der Waals surface area contributed by atoms with Crippen molar-refractivity contribution in [3.8, 4) is 0 Å². The van der Waals surface area contributed by atoms with Crippen molar-refractivity contribution in [1.29, 1.82) is 0 Å². The zero-order chi connectivity index (χ0) is 24.7. The highest BCUT2D eigenvalue weighted by Gasteiger charge is 2.32. The molecule has 4 nitrogen and oxygen atoms in total. The summed E-state index contributed by atoms with van der Waals surface area (Å²) >= 11 is 6.10. The lowest BCUT2D eigenvalue weighted by atomic mass is 9.71. The van der Waals surface area contributed by atoms with Crippen LogP contribution in [0.5, 0.6) is 0 Å². The summed E-state index contributed by atoms with van der Waals surface area (Å²) < 4.78 is 2.21. The number of allylic oxidation sites excluding steroid dienone is 9. The zero-order valence-electron chi connectivity index (χ0n) is 20.7. The molecule has 0 fully saturated rings. The summed E-state index contributed by atoms with van der Waals surface area (Å²) in [6, 6.07) is 7.56. The van der Waals surface area contributed by atoms with Gasteiger partial charge in [-0.15, -0.1) is 0 Å². The van der Waals surface area contributed by atoms with Crippen LogP contribution in [0.3, 0.4) is 0 Å². The second-order valence-corrected chi connectivity index (χ2v) is 9.91. The monoisotopic (exact) mass is 475 g/mol. The average molecular weight is 476 g/mol. The third kappa shape index (κ3) is 6.71. The van der Waals surface area contributed by atoms with Crippen LogP contribution in [0.4, 0.5) is 5.69 Å². The minimum atomic E-state index is -0.203. The van der Waals surface area contributed by atoms with Crippen LogP contribution in [0, 0.1) is 5.41 Å². The van der Waals surface area contributed by atoms with Gasteiger partial charge in [-0.05, 0) is 67.9 Å². The Kier molecular flexibility index (Phi) is 8.51. The van der Waals surface area contributed by atoms with Gasteiger partial charge in [0, 0.05) is 18.5 Å². The van der Waals surface area contributed by atoms with E-state index in [1.807, 2.05) is 49.9 Å². The number of halogens is 1. The molecule has 0 bridgehead atoms. The van der Waals surface area contributed by atoms with Crippen LogP contribution >= 0.6 is 11.6 Å². The number of imidazole rings is 1. The van der Waals surface area contributed by atoms with Crippen molar-refractivity contribution in [1.82, 2.24) is 9.55 Å². The molecule has 1 heterocycles. The lowest BCUT2D eigenvalue weighted by Crippen LogP contribution is -2.25. The predicted octanol–water partition coefficient (Wildman–Crippen LogP) is 7.86. The molecule has 5 heteroatoms. The Morgan fingerprint density at radius 2 is 1.97 bits per heavy atom. The summed E-state index contributed by atoms with van der Waals surface area (Å²) in [7, 11) is 0. The molecule has 178 valence electrons. The molecule has 0 radical (unpaired) electrons. The summed E-state index contributed by atoms with van der Waals surface area (Å²) in [5.41, 5.74) is 5.53. The van der Waals surface area contributed by atoms with E-state index in [1.165, 1.54) is 11.1 Å². The lowest BCUT2D eigenvalue weighted by molar-refractivity contribution is -0.111. The van der Waals surface area contributed by atoms with Crippen molar-refractivity contribution in [3.05, 3.63) is 107 Å². The standard InChI is InChI=1S/C29H34ClN3O/c1-21(9-8-10-22(2)19-28(34)32-26-12-7-6-11-25(26)30)13-14-24-23(3)27(15-16-29(24,4)5)33-18-17-31-20-33/h6-14,17-20,27H,15-16H2,1-5H3,(H,32,34). The van der Waals surface area contributed by atoms with Crippen molar-refractivity contribution in [2.24, 2.45) is 5.41 Å². The Bertz CT molecular complexity index is 1160. The summed E-state index contributed by atoms with van der Waals surface area (Å²) in [5, 5.41) is 3.32. The number of hydrogen-bond acceptors (Lipinski definition) is 2. The molecule has 1 unspecified atom stereocenters. The fraction of sp³-hybridized carbons (Fsp3) is 0.310. The SMILES string of the molecule is CC(C=CC1=C(C)C(n2ccnc2)CCC1(C)C)=CC=CC(C)=CC(=O)Nc1ccccc1Cl. The highest BCUT2D eigenvalue weighted by Crippen LogP contribution is 2.45. The third-order valence-corrected chi connectivity index (χ3v) is 6.63. The van der Waals surface area contributed by atoms with E-state index >= 15 is 0 Å². The molecule has 2 aromatic rings. The number of carbonyl (C=O) groups is 1. The number of aromatic nitrogens is 2. The van der Waals surface area contributed by atoms with Gasteiger partial charge in [0.05, 0.1) is 23.1 Å². The Labute approximate surface area is 208 Å². The molecule has 0 saturated heterocycles. The molecule has 34 heavy (non-hydrogen) atoms. The maximum atomic E-state index is 12.2. The zero-order valence-corrected chi connectivity index (χ0v) is 21.4. The maximum Gasteiger partial charge on any atom is 0.248 e. The minimum absolute atomic E-state index is 0.141. The summed E-state index contributed by atoms with van der Waals surface area (Å²) in [4.78, 5) is 16.5. The van der Waals surface area contributed by atoms with Gasteiger partial charge in [-0.2, -0.15) is 0 Å². The number of amides is 1. The van der Waals surface area contributed by atoms with Gasteiger partial charge >= 0.3 is 0 Å². The van der Waals surface area contributed by atoms with Crippen LogP contribution < -0.4 is 5.32 Å². The van der Waals surface area contributed by atoms with Gasteiger partial charge in [0.1, 0.15) is 0 Å². The van der Waals surface area contributed by atoms with Crippen molar-refractivity contribution >= 4 is 23.2 Å². The molecular formula is C29H34ClN3O. The number of hydrogen-bond donors (Lipinski definition) is 1. The Morgan fingerprint density at radius 3 is 2.68 bits per heavy atom. The Balaban J connectivity index is 1.67. The number of nitrogens with one attached hydrogen (secondary N) is 1. The van der Waals surface area contributed by atoms with Crippen molar-refractivity contribution in [2.45, 2.75) is 53.5 Å². The predicted molar refractivity (Wildman–Crippen MR) is 143 cm³/mol. The van der Waals surface area contributed by atoms with E-state index in [2.05, 4.69) is 60.8 Å². The van der Waals surface area contributed by atoms with E-state index in [4.69, 9.17) is 11.6 Å². The van der Waals surface area contributed by atoms with Crippen molar-refractivity contribution < 1.29 is 4.79 Å². The van der Waals surface area contributed by atoms with Gasteiger partial charge in [-0.1, -0.05) is 73.5 Å². The largest absolute Gasteiger partial charge is 0.330 e. The molecule has 1 aromatic carbocycles. The molecule has 1 aliphatic rings. The molecule has 3 rings (SSSR count). The number of anilines is 1. The number of carbonyl (C=O) groups excluding carboxylic acids is 1. The fourth-order valence-corrected chi connectivity index (χ4v) is 4.54. The van der Waals surface area contributed by atoms with E-state index in [9.17, 15) is 4.79 Å². The van der Waals surface area contributed by atoms with Crippen LogP contribution in [0.2, 0.25) is 5.02 Å². The molecule has 0 spiro atoms. The quantitative estimate of drug-likeness (QED) is 0.327. The third-order valence-electron chi connectivity index (χ3n) is 6.30. The second kappa shape index (κ2) is 11.3. The second-order valence-electron chi connectivity index (χ2n) is 9.51. The summed E-state index contributed by atoms with van der Waals surface area (Å²) in [6.45, 7) is 10.9. The lowest BCUT2D eigenvalue weighted by Gasteiger charge is -2.37. The molecule has 1 aromatic heterocycles. The van der Waals surface area contributed by atoms with Crippen molar-refractivity contribution in [3.63, 3.8) is 0 Å². The van der Waals surface area contributed by atoms with Crippen LogP contribution in [0.15, 0.2) is 102 Å². The Hall–Kier alpha value is -3.11. The van der Waals surface area contributed by atoms with Crippen LogP contribution in [0.1, 0.15) is 53.5 Å². The highest BCUT2D eigenvalue weighted by atomic mass is 35.5. The van der Waals surface area contributed by atoms with E-state index in [-0.39, 0.29) is 11.3 Å². The molecule has 1 aliphatic carbocycles. The van der Waals surface area contributed by atoms with Gasteiger partial charge in [0.25, 0.3) is 0 Å². The van der Waals surface area contributed by atoms with Gasteiger partial charge in [-0.25, -0.2) is 4.98 Å². The maximum absolute atomic E-state index is 12.2. The highest BCUT2D eigenvalue weighted by molar-refractivity contribution is 6.33. The molecule has 1 amide bonds. The molecule has 1 N–H and O–H groups in total. The van der Waals surface area contributed by atoms with Crippen LogP contribution in [-0.4, -0.2) is 15.5 Å². The first-order valence-corrected chi connectivity index (χ1v) is 12.0. The average Bonchev–Trinajstić information content (AvgIpc) is 3.29. The number of nitrogens with zero attached hydrogens (tertiary/aromatic N) is 2. The van der Waals surface area contributed by atoms with Gasteiger partial charge in [0.2, 0.25) is 5.91 Å². The van der Waals surface area contributed by atoms with E-state index in [0.29, 0.717) is 16.8 Å². The smallest absolute Gasteiger partial charge is 0.248 e. The van der Waals surface area contributed by atoms with Crippen LogP contribution in [0.25, 0.3) is 0 Å². The first-order valence-electron chi connectivity index (χ1n) is 11.6. The molecular weight excluding hydrogens is 442 g/mol. The first kappa shape index (κ1) is 25.5. The number of benzene rings is 1. The molecule has 0 saturated carbocycles. The fourth-order valence-electron chi connectivity index (χ4n) is 4.35. The summed E-state index contributed by atoms with van der Waals surface area (Å²) in [5.74, 6) is -0.203. The normalized spacial score (nSPS) is 19.3. The number of rotatable bonds is 7. The van der Waals surface area contributed by atoms with Gasteiger partial charge < -0.3 is 9.88 Å². The topological polar surface area (TPSA) is 46.9 Å². The summed E-state index contributed by atoms with van der Waals surface area (Å²) in [6.07, 6.45) is 20.0.